The number of hydrogen-bond acceptors (Lipinski definition) is 3. The molecule has 0 saturated carbocycles. The Balaban J connectivity index is 1.82. The molecule has 102 valence electrons. The molecular weight excluding hydrogens is 238 g/mol. The van der Waals surface area contributed by atoms with Gasteiger partial charge in [0.2, 0.25) is 0 Å². The normalized spacial score (nSPS) is 12.4. The Hall–Kier alpha value is -1.97. The number of ether oxygens (including phenoxy) is 1. The van der Waals surface area contributed by atoms with Crippen LogP contribution >= 0.6 is 0 Å². The molecule has 1 aromatic heterocycles. The summed E-state index contributed by atoms with van der Waals surface area (Å²) in [5.41, 5.74) is 1.11. The lowest BCUT2D eigenvalue weighted by molar-refractivity contribution is 0.234. The Kier molecular flexibility index (Phi) is 4.44. The van der Waals surface area contributed by atoms with Gasteiger partial charge >= 0.3 is 0 Å². The van der Waals surface area contributed by atoms with Crippen molar-refractivity contribution in [2.24, 2.45) is 0 Å². The number of anilines is 1. The monoisotopic (exact) mass is 259 g/mol. The summed E-state index contributed by atoms with van der Waals surface area (Å²) in [6.45, 7) is 6.99. The van der Waals surface area contributed by atoms with E-state index in [1.807, 2.05) is 48.1 Å². The van der Waals surface area contributed by atoms with Crippen molar-refractivity contribution < 1.29 is 4.74 Å². The summed E-state index contributed by atoms with van der Waals surface area (Å²) in [4.78, 5) is 0. The highest BCUT2D eigenvalue weighted by atomic mass is 16.5. The number of hydrogen-bond donors (Lipinski definition) is 1. The molecule has 4 heteroatoms. The van der Waals surface area contributed by atoms with Gasteiger partial charge in [-0.15, -0.1) is 0 Å². The third-order valence-electron chi connectivity index (χ3n) is 2.81. The van der Waals surface area contributed by atoms with Crippen molar-refractivity contribution in [3.8, 4) is 5.75 Å². The molecule has 19 heavy (non-hydrogen) atoms. The predicted octanol–water partition coefficient (Wildman–Crippen LogP) is 3.34. The third-order valence-corrected chi connectivity index (χ3v) is 2.81. The summed E-state index contributed by atoms with van der Waals surface area (Å²) in [7, 11) is 0. The maximum atomic E-state index is 5.82. The van der Waals surface area contributed by atoms with Gasteiger partial charge in [0, 0.05) is 11.7 Å². The molecule has 0 amide bonds. The van der Waals surface area contributed by atoms with Crippen LogP contribution in [0.1, 0.15) is 26.8 Å². The van der Waals surface area contributed by atoms with Crippen molar-refractivity contribution in [1.29, 1.82) is 0 Å². The average Bonchev–Trinajstić information content (AvgIpc) is 2.86. The lowest BCUT2D eigenvalue weighted by Gasteiger charge is -2.14. The standard InChI is InChI=1S/C15H21N3O/c1-12(2)18-11-15(10-17-18)19-13(3)9-16-14-7-5-4-6-8-14/h4-8,10-13,16H,9H2,1-3H3. The second kappa shape index (κ2) is 6.27. The van der Waals surface area contributed by atoms with Crippen molar-refractivity contribution in [2.75, 3.05) is 11.9 Å². The number of aromatic nitrogens is 2. The fourth-order valence-electron chi connectivity index (χ4n) is 1.76. The highest BCUT2D eigenvalue weighted by molar-refractivity contribution is 5.42. The molecule has 2 aromatic rings. The molecule has 1 heterocycles. The fourth-order valence-corrected chi connectivity index (χ4v) is 1.76. The van der Waals surface area contributed by atoms with Gasteiger partial charge in [0.15, 0.2) is 5.75 Å². The summed E-state index contributed by atoms with van der Waals surface area (Å²) >= 11 is 0. The first-order valence-electron chi connectivity index (χ1n) is 6.65. The van der Waals surface area contributed by atoms with Crippen LogP contribution in [0.25, 0.3) is 0 Å². The Labute approximate surface area is 114 Å². The largest absolute Gasteiger partial charge is 0.486 e. The Bertz CT molecular complexity index is 493. The Morgan fingerprint density at radius 1 is 1.21 bits per heavy atom. The molecule has 1 unspecified atom stereocenters. The maximum Gasteiger partial charge on any atom is 0.157 e. The first kappa shape index (κ1) is 13.5. The van der Waals surface area contributed by atoms with Gasteiger partial charge in [-0.1, -0.05) is 18.2 Å². The molecule has 0 radical (unpaired) electrons. The van der Waals surface area contributed by atoms with Gasteiger partial charge in [0.25, 0.3) is 0 Å². The number of nitrogens with one attached hydrogen (secondary N) is 1. The van der Waals surface area contributed by atoms with Gasteiger partial charge in [-0.3, -0.25) is 4.68 Å². The van der Waals surface area contributed by atoms with E-state index in [4.69, 9.17) is 4.74 Å². The SMILES string of the molecule is CC(CNc1ccccc1)Oc1cnn(C(C)C)c1. The van der Waals surface area contributed by atoms with Crippen LogP contribution < -0.4 is 10.1 Å². The van der Waals surface area contributed by atoms with Crippen molar-refractivity contribution in [3.05, 3.63) is 42.7 Å². The molecule has 4 nitrogen and oxygen atoms in total. The minimum absolute atomic E-state index is 0.0880. The van der Waals surface area contributed by atoms with Crippen molar-refractivity contribution in [3.63, 3.8) is 0 Å². The predicted molar refractivity (Wildman–Crippen MR) is 77.6 cm³/mol. The first-order chi connectivity index (χ1) is 9.15. The topological polar surface area (TPSA) is 39.1 Å². The zero-order valence-electron chi connectivity index (χ0n) is 11.7. The van der Waals surface area contributed by atoms with E-state index >= 15 is 0 Å². The van der Waals surface area contributed by atoms with Gasteiger partial charge in [0.05, 0.1) is 18.9 Å². The van der Waals surface area contributed by atoms with Gasteiger partial charge in [0.1, 0.15) is 6.10 Å². The van der Waals surface area contributed by atoms with Crippen LogP contribution in [0.2, 0.25) is 0 Å². The zero-order valence-corrected chi connectivity index (χ0v) is 11.7. The molecule has 0 aliphatic heterocycles. The number of benzene rings is 1. The van der Waals surface area contributed by atoms with E-state index < -0.39 is 0 Å². The molecule has 1 aromatic carbocycles. The lowest BCUT2D eigenvalue weighted by atomic mass is 10.3. The average molecular weight is 259 g/mol. The fraction of sp³-hybridized carbons (Fsp3) is 0.400. The smallest absolute Gasteiger partial charge is 0.157 e. The van der Waals surface area contributed by atoms with Gasteiger partial charge in [-0.2, -0.15) is 5.10 Å². The minimum Gasteiger partial charge on any atom is -0.486 e. The van der Waals surface area contributed by atoms with Gasteiger partial charge < -0.3 is 10.1 Å². The van der Waals surface area contributed by atoms with E-state index in [2.05, 4.69) is 24.3 Å². The summed E-state index contributed by atoms with van der Waals surface area (Å²) in [5, 5.41) is 7.60. The highest BCUT2D eigenvalue weighted by Crippen LogP contribution is 2.14. The Morgan fingerprint density at radius 2 is 1.95 bits per heavy atom. The van der Waals surface area contributed by atoms with E-state index in [0.29, 0.717) is 6.04 Å². The lowest BCUT2D eigenvalue weighted by Crippen LogP contribution is -2.22. The molecule has 1 N–H and O–H groups in total. The zero-order chi connectivity index (χ0) is 13.7. The van der Waals surface area contributed by atoms with Crippen LogP contribution in [-0.2, 0) is 0 Å². The molecule has 2 rings (SSSR count). The second-order valence-electron chi connectivity index (χ2n) is 4.93. The molecule has 0 fully saturated rings. The number of nitrogens with zero attached hydrogens (tertiary/aromatic N) is 2. The van der Waals surface area contributed by atoms with Crippen LogP contribution in [0.3, 0.4) is 0 Å². The van der Waals surface area contributed by atoms with E-state index in [0.717, 1.165) is 18.0 Å². The van der Waals surface area contributed by atoms with E-state index in [9.17, 15) is 0 Å². The number of rotatable bonds is 6. The summed E-state index contributed by atoms with van der Waals surface area (Å²) in [6, 6.07) is 10.5. The number of para-hydroxylation sites is 1. The van der Waals surface area contributed by atoms with Crippen molar-refractivity contribution in [2.45, 2.75) is 32.9 Å². The van der Waals surface area contributed by atoms with E-state index in [-0.39, 0.29) is 6.10 Å². The maximum absolute atomic E-state index is 5.82. The Morgan fingerprint density at radius 3 is 2.58 bits per heavy atom. The molecule has 0 bridgehead atoms. The highest BCUT2D eigenvalue weighted by Gasteiger charge is 2.07. The summed E-state index contributed by atoms with van der Waals surface area (Å²) in [6.07, 6.45) is 3.79. The second-order valence-corrected chi connectivity index (χ2v) is 4.93. The van der Waals surface area contributed by atoms with Gasteiger partial charge in [-0.25, -0.2) is 0 Å². The van der Waals surface area contributed by atoms with E-state index in [1.54, 1.807) is 6.20 Å². The van der Waals surface area contributed by atoms with Crippen LogP contribution in [0.4, 0.5) is 5.69 Å². The summed E-state index contributed by atoms with van der Waals surface area (Å²) in [5.74, 6) is 0.816. The third kappa shape index (κ3) is 4.02. The molecule has 1 atom stereocenters. The molecule has 0 aliphatic rings. The van der Waals surface area contributed by atoms with Crippen LogP contribution in [0, 0.1) is 0 Å². The quantitative estimate of drug-likeness (QED) is 0.864. The van der Waals surface area contributed by atoms with Crippen molar-refractivity contribution in [1.82, 2.24) is 9.78 Å². The molecule has 0 aliphatic carbocycles. The minimum atomic E-state index is 0.0880. The van der Waals surface area contributed by atoms with Crippen LogP contribution in [-0.4, -0.2) is 22.4 Å². The van der Waals surface area contributed by atoms with Crippen LogP contribution in [0.15, 0.2) is 42.7 Å². The molecule has 0 spiro atoms. The van der Waals surface area contributed by atoms with Crippen molar-refractivity contribution >= 4 is 5.69 Å². The first-order valence-corrected chi connectivity index (χ1v) is 6.65. The van der Waals surface area contributed by atoms with Crippen LogP contribution in [0.5, 0.6) is 5.75 Å². The molecular formula is C15H21N3O. The van der Waals surface area contributed by atoms with E-state index in [1.165, 1.54) is 0 Å². The van der Waals surface area contributed by atoms with Gasteiger partial charge in [-0.05, 0) is 32.9 Å². The summed E-state index contributed by atoms with van der Waals surface area (Å²) < 4.78 is 7.72. The molecule has 0 saturated heterocycles.